The Morgan fingerprint density at radius 1 is 1.42 bits per heavy atom. The monoisotopic (exact) mass is 171 g/mol. The van der Waals surface area contributed by atoms with Crippen molar-refractivity contribution in [3.8, 4) is 0 Å². The molecule has 1 rings (SSSR count). The van der Waals surface area contributed by atoms with Crippen LogP contribution >= 0.6 is 0 Å². The highest BCUT2D eigenvalue weighted by molar-refractivity contribution is 4.74. The second-order valence-electron chi connectivity index (χ2n) is 3.84. The molecule has 2 unspecified atom stereocenters. The van der Waals surface area contributed by atoms with Gasteiger partial charge in [0.2, 0.25) is 0 Å². The maximum atomic E-state index is 5.56. The summed E-state index contributed by atoms with van der Waals surface area (Å²) in [6.45, 7) is 9.92. The van der Waals surface area contributed by atoms with E-state index >= 15 is 0 Å². The van der Waals surface area contributed by atoms with Crippen LogP contribution in [0, 0.1) is 0 Å². The summed E-state index contributed by atoms with van der Waals surface area (Å²) in [4.78, 5) is 2.54. The van der Waals surface area contributed by atoms with Gasteiger partial charge in [-0.25, -0.2) is 0 Å². The van der Waals surface area contributed by atoms with Gasteiger partial charge in [-0.2, -0.15) is 0 Å². The molecule has 2 nitrogen and oxygen atoms in total. The van der Waals surface area contributed by atoms with Crippen LogP contribution in [0.15, 0.2) is 0 Å². The molecule has 0 spiro atoms. The van der Waals surface area contributed by atoms with Gasteiger partial charge < -0.3 is 4.74 Å². The Morgan fingerprint density at radius 3 is 2.83 bits per heavy atom. The van der Waals surface area contributed by atoms with E-state index < -0.39 is 0 Å². The predicted molar refractivity (Wildman–Crippen MR) is 51.4 cm³/mol. The third kappa shape index (κ3) is 2.76. The molecule has 0 aromatic carbocycles. The lowest BCUT2D eigenvalue weighted by atomic mass is 10.2. The number of hydrogen-bond acceptors (Lipinski definition) is 2. The first kappa shape index (κ1) is 10.0. The molecule has 0 radical (unpaired) electrons. The normalized spacial score (nSPS) is 32.2. The molecule has 1 aliphatic heterocycles. The maximum Gasteiger partial charge on any atom is 0.0674 e. The van der Waals surface area contributed by atoms with Crippen molar-refractivity contribution >= 4 is 0 Å². The van der Waals surface area contributed by atoms with Gasteiger partial charge in [0.25, 0.3) is 0 Å². The van der Waals surface area contributed by atoms with Crippen LogP contribution < -0.4 is 0 Å². The molecule has 1 saturated heterocycles. The minimum atomic E-state index is 0.429. The highest BCUT2D eigenvalue weighted by atomic mass is 16.5. The molecule has 0 saturated carbocycles. The van der Waals surface area contributed by atoms with E-state index in [1.807, 2.05) is 0 Å². The molecular weight excluding hydrogens is 150 g/mol. The van der Waals surface area contributed by atoms with Crippen molar-refractivity contribution in [1.29, 1.82) is 0 Å². The number of morpholine rings is 1. The zero-order valence-corrected chi connectivity index (χ0v) is 8.55. The van der Waals surface area contributed by atoms with Gasteiger partial charge in [0.15, 0.2) is 0 Å². The molecule has 0 aromatic heterocycles. The summed E-state index contributed by atoms with van der Waals surface area (Å²) in [6.07, 6.45) is 3.04. The molecule has 72 valence electrons. The van der Waals surface area contributed by atoms with Crippen LogP contribution in [0.3, 0.4) is 0 Å². The fraction of sp³-hybridized carbons (Fsp3) is 1.00. The van der Waals surface area contributed by atoms with Gasteiger partial charge in [-0.1, -0.05) is 13.3 Å². The van der Waals surface area contributed by atoms with Crippen molar-refractivity contribution in [3.05, 3.63) is 0 Å². The number of rotatable bonds is 3. The summed E-state index contributed by atoms with van der Waals surface area (Å²) in [6, 6.07) is 0.618. The first-order chi connectivity index (χ1) is 5.74. The number of nitrogens with zero attached hydrogens (tertiary/aromatic N) is 1. The van der Waals surface area contributed by atoms with Crippen LogP contribution in [0.4, 0.5) is 0 Å². The van der Waals surface area contributed by atoms with Crippen LogP contribution in [-0.4, -0.2) is 36.7 Å². The predicted octanol–water partition coefficient (Wildman–Crippen LogP) is 1.90. The van der Waals surface area contributed by atoms with Crippen molar-refractivity contribution in [2.75, 3.05) is 19.7 Å². The van der Waals surface area contributed by atoms with E-state index in [0.717, 1.165) is 13.2 Å². The number of ether oxygens (including phenoxy) is 1. The Morgan fingerprint density at radius 2 is 2.17 bits per heavy atom. The average Bonchev–Trinajstić information content (AvgIpc) is 2.07. The van der Waals surface area contributed by atoms with Crippen molar-refractivity contribution in [2.24, 2.45) is 0 Å². The summed E-state index contributed by atoms with van der Waals surface area (Å²) in [5.41, 5.74) is 0. The Balaban J connectivity index is 2.28. The zero-order valence-electron chi connectivity index (χ0n) is 8.55. The lowest BCUT2D eigenvalue weighted by Crippen LogP contribution is -2.47. The van der Waals surface area contributed by atoms with Gasteiger partial charge in [-0.15, -0.1) is 0 Å². The van der Waals surface area contributed by atoms with E-state index in [-0.39, 0.29) is 0 Å². The fourth-order valence-corrected chi connectivity index (χ4v) is 1.64. The molecule has 12 heavy (non-hydrogen) atoms. The molecule has 0 N–H and O–H groups in total. The fourth-order valence-electron chi connectivity index (χ4n) is 1.64. The van der Waals surface area contributed by atoms with Crippen molar-refractivity contribution < 1.29 is 4.74 Å². The standard InChI is InChI=1S/C10H21NO/c1-4-5-6-11-7-10(3)12-8-9(11)2/h9-10H,4-8H2,1-3H3. The lowest BCUT2D eigenvalue weighted by molar-refractivity contribution is -0.0495. The van der Waals surface area contributed by atoms with E-state index in [1.165, 1.54) is 19.4 Å². The topological polar surface area (TPSA) is 12.5 Å². The molecule has 2 heteroatoms. The third-order valence-corrected chi connectivity index (χ3v) is 2.54. The Bertz CT molecular complexity index is 127. The van der Waals surface area contributed by atoms with Gasteiger partial charge >= 0.3 is 0 Å². The molecule has 2 atom stereocenters. The zero-order chi connectivity index (χ0) is 8.97. The minimum absolute atomic E-state index is 0.429. The van der Waals surface area contributed by atoms with Crippen LogP contribution in [0.1, 0.15) is 33.6 Å². The first-order valence-electron chi connectivity index (χ1n) is 5.09. The average molecular weight is 171 g/mol. The summed E-state index contributed by atoms with van der Waals surface area (Å²) in [7, 11) is 0. The SMILES string of the molecule is CCCCN1CC(C)OCC1C. The Kier molecular flexibility index (Phi) is 4.02. The number of hydrogen-bond donors (Lipinski definition) is 0. The molecule has 0 aliphatic carbocycles. The number of unbranched alkanes of at least 4 members (excludes halogenated alkanes) is 1. The van der Waals surface area contributed by atoms with E-state index in [4.69, 9.17) is 4.74 Å². The second kappa shape index (κ2) is 4.83. The van der Waals surface area contributed by atoms with Crippen molar-refractivity contribution in [3.63, 3.8) is 0 Å². The van der Waals surface area contributed by atoms with Crippen molar-refractivity contribution in [2.45, 2.75) is 45.8 Å². The molecule has 1 aliphatic rings. The molecule has 1 fully saturated rings. The molecular formula is C10H21NO. The Labute approximate surface area is 75.9 Å². The molecule has 0 amide bonds. The largest absolute Gasteiger partial charge is 0.376 e. The van der Waals surface area contributed by atoms with Crippen LogP contribution in [0.2, 0.25) is 0 Å². The molecule has 1 heterocycles. The van der Waals surface area contributed by atoms with Gasteiger partial charge in [-0.05, 0) is 26.8 Å². The van der Waals surface area contributed by atoms with Gasteiger partial charge in [0.1, 0.15) is 0 Å². The third-order valence-electron chi connectivity index (χ3n) is 2.54. The highest BCUT2D eigenvalue weighted by Crippen LogP contribution is 2.11. The van der Waals surface area contributed by atoms with Crippen molar-refractivity contribution in [1.82, 2.24) is 4.90 Å². The molecule has 0 bridgehead atoms. The van der Waals surface area contributed by atoms with Gasteiger partial charge in [0.05, 0.1) is 12.7 Å². The maximum absolute atomic E-state index is 5.56. The van der Waals surface area contributed by atoms with Crippen LogP contribution in [0.25, 0.3) is 0 Å². The van der Waals surface area contributed by atoms with E-state index in [9.17, 15) is 0 Å². The van der Waals surface area contributed by atoms with Crippen LogP contribution in [0.5, 0.6) is 0 Å². The smallest absolute Gasteiger partial charge is 0.0674 e. The molecule has 0 aromatic rings. The Hall–Kier alpha value is -0.0800. The quantitative estimate of drug-likeness (QED) is 0.643. The summed E-state index contributed by atoms with van der Waals surface area (Å²) >= 11 is 0. The second-order valence-corrected chi connectivity index (χ2v) is 3.84. The van der Waals surface area contributed by atoms with Crippen LogP contribution in [-0.2, 0) is 4.74 Å². The summed E-state index contributed by atoms with van der Waals surface area (Å²) in [5.74, 6) is 0. The summed E-state index contributed by atoms with van der Waals surface area (Å²) < 4.78 is 5.56. The minimum Gasteiger partial charge on any atom is -0.376 e. The van der Waals surface area contributed by atoms with Gasteiger partial charge in [-0.3, -0.25) is 4.90 Å². The van der Waals surface area contributed by atoms with E-state index in [0.29, 0.717) is 12.1 Å². The lowest BCUT2D eigenvalue weighted by Gasteiger charge is -2.36. The summed E-state index contributed by atoms with van der Waals surface area (Å²) in [5, 5.41) is 0. The van der Waals surface area contributed by atoms with E-state index in [1.54, 1.807) is 0 Å². The first-order valence-corrected chi connectivity index (χ1v) is 5.09. The highest BCUT2D eigenvalue weighted by Gasteiger charge is 2.22. The van der Waals surface area contributed by atoms with E-state index in [2.05, 4.69) is 25.7 Å². The van der Waals surface area contributed by atoms with Gasteiger partial charge in [0, 0.05) is 12.6 Å².